The lowest BCUT2D eigenvalue weighted by atomic mass is 10.2. The van der Waals surface area contributed by atoms with Gasteiger partial charge < -0.3 is 9.73 Å². The second kappa shape index (κ2) is 4.16. The lowest BCUT2D eigenvalue weighted by Crippen LogP contribution is -1.90. The van der Waals surface area contributed by atoms with E-state index in [1.54, 1.807) is 30.3 Å². The lowest BCUT2D eigenvalue weighted by molar-refractivity contribution is 0.602. The Morgan fingerprint density at radius 1 is 1.38 bits per heavy atom. The van der Waals surface area contributed by atoms with Gasteiger partial charge in [-0.3, -0.25) is 0 Å². The maximum atomic E-state index is 8.56. The topological polar surface area (TPSA) is 85.6 Å². The molecule has 5 heteroatoms. The van der Waals surface area contributed by atoms with Gasteiger partial charge in [0.15, 0.2) is 12.0 Å². The number of rotatable bonds is 2. The predicted molar refractivity (Wildman–Crippen MR) is 56.9 cm³/mol. The molecule has 0 saturated heterocycles. The number of oxazole rings is 1. The van der Waals surface area contributed by atoms with Gasteiger partial charge in [-0.1, -0.05) is 6.07 Å². The lowest BCUT2D eigenvalue weighted by Gasteiger charge is -1.99. The van der Waals surface area contributed by atoms with Gasteiger partial charge in [-0.2, -0.15) is 10.5 Å². The van der Waals surface area contributed by atoms with Crippen molar-refractivity contribution < 1.29 is 4.42 Å². The number of benzene rings is 1. The zero-order valence-electron chi connectivity index (χ0n) is 8.14. The first-order valence-electron chi connectivity index (χ1n) is 4.44. The Hall–Kier alpha value is -2.79. The van der Waals surface area contributed by atoms with E-state index < -0.39 is 0 Å². The zero-order valence-corrected chi connectivity index (χ0v) is 8.14. The third-order valence-corrected chi connectivity index (χ3v) is 1.97. The normalized spacial score (nSPS) is 9.12. The fourth-order valence-electron chi connectivity index (χ4n) is 1.24. The Morgan fingerprint density at radius 2 is 2.19 bits per heavy atom. The number of aromatic nitrogens is 1. The fourth-order valence-corrected chi connectivity index (χ4v) is 1.24. The molecule has 0 aliphatic heterocycles. The van der Waals surface area contributed by atoms with Crippen molar-refractivity contribution in [2.45, 2.75) is 0 Å². The molecule has 0 amide bonds. The molecule has 0 radical (unpaired) electrons. The summed E-state index contributed by atoms with van der Waals surface area (Å²) in [5.41, 5.74) is 2.00. The molecular weight excluding hydrogens is 204 g/mol. The van der Waals surface area contributed by atoms with Crippen molar-refractivity contribution in [2.24, 2.45) is 0 Å². The molecule has 1 aromatic heterocycles. The summed E-state index contributed by atoms with van der Waals surface area (Å²) in [6, 6.07) is 8.88. The largest absolute Gasteiger partial charge is 0.443 e. The molecule has 1 N–H and O–H groups in total. The molecule has 0 bridgehead atoms. The van der Waals surface area contributed by atoms with Gasteiger partial charge in [-0.15, -0.1) is 0 Å². The molecular formula is C11H6N4O. The predicted octanol–water partition coefficient (Wildman–Crippen LogP) is 2.17. The van der Waals surface area contributed by atoms with Crippen molar-refractivity contribution in [3.8, 4) is 12.1 Å². The van der Waals surface area contributed by atoms with Gasteiger partial charge in [0.1, 0.15) is 23.2 Å². The van der Waals surface area contributed by atoms with Gasteiger partial charge in [0, 0.05) is 6.20 Å². The molecule has 1 heterocycles. The second-order valence-electron chi connectivity index (χ2n) is 2.93. The summed E-state index contributed by atoms with van der Waals surface area (Å²) < 4.78 is 5.12. The zero-order chi connectivity index (χ0) is 11.4. The number of allylic oxidation sites excluding steroid dienone is 1. The summed E-state index contributed by atoms with van der Waals surface area (Å²) in [4.78, 5) is 4.02. The molecule has 0 unspecified atom stereocenters. The van der Waals surface area contributed by atoms with Crippen LogP contribution in [0.2, 0.25) is 0 Å². The molecule has 76 valence electrons. The molecule has 1 aromatic carbocycles. The van der Waals surface area contributed by atoms with E-state index >= 15 is 0 Å². The van der Waals surface area contributed by atoms with E-state index in [-0.39, 0.29) is 5.57 Å². The highest BCUT2D eigenvalue weighted by molar-refractivity contribution is 5.86. The summed E-state index contributed by atoms with van der Waals surface area (Å²) in [7, 11) is 0. The number of nitrogens with zero attached hydrogens (tertiary/aromatic N) is 3. The van der Waals surface area contributed by atoms with Crippen LogP contribution in [-0.4, -0.2) is 4.98 Å². The van der Waals surface area contributed by atoms with E-state index in [0.29, 0.717) is 16.8 Å². The van der Waals surface area contributed by atoms with E-state index in [1.807, 2.05) is 0 Å². The Kier molecular flexibility index (Phi) is 2.53. The molecule has 0 spiro atoms. The van der Waals surface area contributed by atoms with Crippen molar-refractivity contribution in [2.75, 3.05) is 5.32 Å². The Balaban J connectivity index is 2.36. The molecule has 0 aliphatic carbocycles. The standard InChI is InChI=1S/C11H6N4O/c12-4-8(5-13)6-14-9-2-1-3-10-11(9)15-7-16-10/h1-3,6-7,14H. The number of nitrogens with one attached hydrogen (secondary N) is 1. The summed E-state index contributed by atoms with van der Waals surface area (Å²) in [5.74, 6) is 0. The second-order valence-corrected chi connectivity index (χ2v) is 2.93. The first-order chi connectivity index (χ1) is 7.85. The van der Waals surface area contributed by atoms with Crippen molar-refractivity contribution in [3.63, 3.8) is 0 Å². The smallest absolute Gasteiger partial charge is 0.182 e. The van der Waals surface area contributed by atoms with Crippen LogP contribution in [-0.2, 0) is 0 Å². The number of fused-ring (bicyclic) bond motifs is 1. The van der Waals surface area contributed by atoms with Crippen LogP contribution in [0.5, 0.6) is 0 Å². The van der Waals surface area contributed by atoms with Crippen LogP contribution < -0.4 is 5.32 Å². The first kappa shape index (κ1) is 9.75. The minimum atomic E-state index is 0.000461. The van der Waals surface area contributed by atoms with E-state index in [0.717, 1.165) is 0 Å². The van der Waals surface area contributed by atoms with Gasteiger partial charge in [0.05, 0.1) is 5.69 Å². The van der Waals surface area contributed by atoms with Crippen molar-refractivity contribution >= 4 is 16.8 Å². The molecule has 2 rings (SSSR count). The summed E-state index contributed by atoms with van der Waals surface area (Å²) in [6.45, 7) is 0. The van der Waals surface area contributed by atoms with Crippen molar-refractivity contribution in [1.82, 2.24) is 4.98 Å². The Bertz CT molecular complexity index is 611. The van der Waals surface area contributed by atoms with Crippen LogP contribution in [0.15, 0.2) is 40.8 Å². The maximum absolute atomic E-state index is 8.56. The first-order valence-corrected chi connectivity index (χ1v) is 4.44. The van der Waals surface area contributed by atoms with E-state index in [2.05, 4.69) is 10.3 Å². The number of hydrogen-bond acceptors (Lipinski definition) is 5. The Morgan fingerprint density at radius 3 is 2.94 bits per heavy atom. The molecule has 5 nitrogen and oxygen atoms in total. The summed E-state index contributed by atoms with van der Waals surface area (Å²) >= 11 is 0. The molecule has 0 atom stereocenters. The van der Waals surface area contributed by atoms with E-state index in [4.69, 9.17) is 14.9 Å². The van der Waals surface area contributed by atoms with Crippen LogP contribution in [0, 0.1) is 22.7 Å². The maximum Gasteiger partial charge on any atom is 0.182 e. The molecule has 0 saturated carbocycles. The van der Waals surface area contributed by atoms with Crippen LogP contribution in [0.4, 0.5) is 5.69 Å². The number of nitriles is 2. The van der Waals surface area contributed by atoms with E-state index in [9.17, 15) is 0 Å². The number of para-hydroxylation sites is 1. The molecule has 16 heavy (non-hydrogen) atoms. The van der Waals surface area contributed by atoms with Gasteiger partial charge in [0.2, 0.25) is 0 Å². The SMILES string of the molecule is N#CC(C#N)=CNc1cccc2ocnc12. The van der Waals surface area contributed by atoms with Gasteiger partial charge in [-0.25, -0.2) is 4.98 Å². The molecule has 0 aliphatic rings. The van der Waals surface area contributed by atoms with Crippen molar-refractivity contribution in [3.05, 3.63) is 36.4 Å². The van der Waals surface area contributed by atoms with Crippen LogP contribution in [0.1, 0.15) is 0 Å². The monoisotopic (exact) mass is 210 g/mol. The van der Waals surface area contributed by atoms with E-state index in [1.165, 1.54) is 12.6 Å². The molecule has 0 fully saturated rings. The Labute approximate surface area is 91.2 Å². The van der Waals surface area contributed by atoms with Crippen LogP contribution in [0.3, 0.4) is 0 Å². The summed E-state index contributed by atoms with van der Waals surface area (Å²) in [5, 5.41) is 20.0. The fraction of sp³-hybridized carbons (Fsp3) is 0. The average molecular weight is 210 g/mol. The minimum Gasteiger partial charge on any atom is -0.443 e. The third kappa shape index (κ3) is 1.70. The summed E-state index contributed by atoms with van der Waals surface area (Å²) in [6.07, 6.45) is 2.68. The highest BCUT2D eigenvalue weighted by Gasteiger charge is 2.03. The van der Waals surface area contributed by atoms with Crippen LogP contribution >= 0.6 is 0 Å². The third-order valence-electron chi connectivity index (χ3n) is 1.97. The highest BCUT2D eigenvalue weighted by Crippen LogP contribution is 2.21. The van der Waals surface area contributed by atoms with Gasteiger partial charge in [-0.05, 0) is 12.1 Å². The average Bonchev–Trinajstić information content (AvgIpc) is 2.79. The minimum absolute atomic E-state index is 0.000461. The highest BCUT2D eigenvalue weighted by atomic mass is 16.3. The van der Waals surface area contributed by atoms with Crippen molar-refractivity contribution in [1.29, 1.82) is 10.5 Å². The number of anilines is 1. The quantitative estimate of drug-likeness (QED) is 0.767. The number of hydrogen-bond donors (Lipinski definition) is 1. The van der Waals surface area contributed by atoms with Gasteiger partial charge >= 0.3 is 0 Å². The van der Waals surface area contributed by atoms with Crippen LogP contribution in [0.25, 0.3) is 11.1 Å². The van der Waals surface area contributed by atoms with Gasteiger partial charge in [0.25, 0.3) is 0 Å². The molecule has 2 aromatic rings.